The van der Waals surface area contributed by atoms with E-state index >= 15 is 0 Å². The van der Waals surface area contributed by atoms with Crippen LogP contribution in [0.1, 0.15) is 23.1 Å². The molecule has 108 valence electrons. The van der Waals surface area contributed by atoms with Gasteiger partial charge in [0.15, 0.2) is 0 Å². The Morgan fingerprint density at radius 2 is 1.76 bits per heavy atom. The molecule has 0 fully saturated rings. The van der Waals surface area contributed by atoms with Crippen LogP contribution in [0.2, 0.25) is 10.0 Å². The summed E-state index contributed by atoms with van der Waals surface area (Å²) in [6, 6.07) is 14.1. The van der Waals surface area contributed by atoms with Crippen molar-refractivity contribution in [3.8, 4) is 0 Å². The molecule has 2 rings (SSSR count). The first kappa shape index (κ1) is 16.2. The second-order valence-electron chi connectivity index (χ2n) is 4.91. The van der Waals surface area contributed by atoms with Gasteiger partial charge in [-0.2, -0.15) is 0 Å². The van der Waals surface area contributed by atoms with Gasteiger partial charge in [0.25, 0.3) is 0 Å². The lowest BCUT2D eigenvalue weighted by Gasteiger charge is -2.07. The molecule has 0 atom stereocenters. The van der Waals surface area contributed by atoms with Crippen molar-refractivity contribution in [2.45, 2.75) is 19.3 Å². The van der Waals surface area contributed by atoms with Gasteiger partial charge in [0.1, 0.15) is 0 Å². The van der Waals surface area contributed by atoms with E-state index < -0.39 is 0 Å². The lowest BCUT2D eigenvalue weighted by atomic mass is 10.00. The van der Waals surface area contributed by atoms with Gasteiger partial charge >= 0.3 is 0 Å². The quantitative estimate of drug-likeness (QED) is 0.568. The topological polar surface area (TPSA) is 0 Å². The first-order valence-corrected chi connectivity index (χ1v) is 7.97. The van der Waals surface area contributed by atoms with Gasteiger partial charge < -0.3 is 0 Å². The van der Waals surface area contributed by atoms with Crippen LogP contribution in [0.4, 0.5) is 0 Å². The van der Waals surface area contributed by atoms with Gasteiger partial charge in [0.05, 0.1) is 0 Å². The van der Waals surface area contributed by atoms with Crippen LogP contribution >= 0.6 is 35.4 Å². The van der Waals surface area contributed by atoms with E-state index in [1.807, 2.05) is 12.1 Å². The molecular formula is C18H16Cl2S. The van der Waals surface area contributed by atoms with Gasteiger partial charge in [-0.3, -0.25) is 0 Å². The van der Waals surface area contributed by atoms with Crippen LogP contribution in [0, 0.1) is 0 Å². The van der Waals surface area contributed by atoms with Crippen LogP contribution in [0.15, 0.2) is 49.0 Å². The molecule has 0 unspecified atom stereocenters. The molecule has 21 heavy (non-hydrogen) atoms. The molecule has 0 spiro atoms. The van der Waals surface area contributed by atoms with E-state index in [0.29, 0.717) is 5.02 Å². The summed E-state index contributed by atoms with van der Waals surface area (Å²) < 4.78 is 0. The van der Waals surface area contributed by atoms with Crippen LogP contribution < -0.4 is 0 Å². The Bertz CT molecular complexity index is 645. The summed E-state index contributed by atoms with van der Waals surface area (Å²) in [6.45, 7) is 4.03. The highest BCUT2D eigenvalue weighted by Crippen LogP contribution is 2.23. The predicted octanol–water partition coefficient (Wildman–Crippen LogP) is 6.18. The molecule has 0 aliphatic carbocycles. The molecule has 2 aromatic rings. The molecule has 0 saturated carbocycles. The summed E-state index contributed by atoms with van der Waals surface area (Å²) in [5, 5.41) is 3.11. The van der Waals surface area contributed by atoms with Gasteiger partial charge in [-0.15, -0.1) is 0 Å². The number of aryl methyl sites for hydroxylation is 2. The summed E-state index contributed by atoms with van der Waals surface area (Å²) in [5.41, 5.74) is 4.59. The van der Waals surface area contributed by atoms with Crippen molar-refractivity contribution in [1.82, 2.24) is 0 Å². The summed E-state index contributed by atoms with van der Waals surface area (Å²) in [7, 11) is 0. The zero-order chi connectivity index (χ0) is 15.2. The Balaban J connectivity index is 2.00. The van der Waals surface area contributed by atoms with E-state index in [9.17, 15) is 0 Å². The maximum absolute atomic E-state index is 6.19. The Hall–Kier alpha value is -1.15. The van der Waals surface area contributed by atoms with E-state index in [0.717, 1.165) is 41.0 Å². The molecule has 0 N–H and O–H groups in total. The molecule has 0 bridgehead atoms. The lowest BCUT2D eigenvalue weighted by Crippen LogP contribution is -1.93. The fourth-order valence-corrected chi connectivity index (χ4v) is 2.83. The summed E-state index contributed by atoms with van der Waals surface area (Å²) in [5.74, 6) is 0. The van der Waals surface area contributed by atoms with Crippen LogP contribution in [0.5, 0.6) is 0 Å². The van der Waals surface area contributed by atoms with E-state index in [4.69, 9.17) is 35.4 Å². The maximum Gasteiger partial charge on any atom is 0.0452 e. The fourth-order valence-electron chi connectivity index (χ4n) is 2.13. The molecule has 0 radical (unpaired) electrons. The smallest absolute Gasteiger partial charge is 0.0452 e. The standard InChI is InChI=1S/C18H16Cl2S/c1-13(10-11-21)15-5-2-14(3-6-15)4-7-16-8-9-17(19)12-18(16)20/h2-3,5-6,8-9,11-12H,1,4,7,10H2. The van der Waals surface area contributed by atoms with Gasteiger partial charge in [-0.1, -0.05) is 72.3 Å². The van der Waals surface area contributed by atoms with E-state index in [2.05, 4.69) is 30.8 Å². The SMILES string of the molecule is C=C(CC=S)c1ccc(CCc2ccc(Cl)cc2Cl)cc1. The molecule has 2 aromatic carbocycles. The number of hydrogen-bond acceptors (Lipinski definition) is 1. The molecule has 0 aliphatic rings. The van der Waals surface area contributed by atoms with Gasteiger partial charge in [-0.25, -0.2) is 0 Å². The van der Waals surface area contributed by atoms with Crippen LogP contribution in [0.25, 0.3) is 5.57 Å². The first-order chi connectivity index (χ1) is 10.1. The highest BCUT2D eigenvalue weighted by atomic mass is 35.5. The zero-order valence-electron chi connectivity index (χ0n) is 11.6. The highest BCUT2D eigenvalue weighted by Gasteiger charge is 2.03. The van der Waals surface area contributed by atoms with Crippen molar-refractivity contribution in [3.05, 3.63) is 75.8 Å². The predicted molar refractivity (Wildman–Crippen MR) is 97.6 cm³/mol. The Morgan fingerprint density at radius 3 is 2.38 bits per heavy atom. The largest absolute Gasteiger partial charge is 0.0949 e. The lowest BCUT2D eigenvalue weighted by molar-refractivity contribution is 0.960. The molecule has 0 saturated heterocycles. The number of benzene rings is 2. The Kier molecular flexibility index (Phi) is 5.98. The number of halogens is 2. The second kappa shape index (κ2) is 7.74. The fraction of sp³-hybridized carbons (Fsp3) is 0.167. The van der Waals surface area contributed by atoms with E-state index in [1.54, 1.807) is 11.4 Å². The number of thiocarbonyl (C=S) groups is 1. The van der Waals surface area contributed by atoms with Crippen molar-refractivity contribution in [1.29, 1.82) is 0 Å². The monoisotopic (exact) mass is 334 g/mol. The summed E-state index contributed by atoms with van der Waals surface area (Å²) >= 11 is 17.0. The Labute approximate surface area is 141 Å². The number of rotatable bonds is 6. The van der Waals surface area contributed by atoms with E-state index in [-0.39, 0.29) is 0 Å². The minimum Gasteiger partial charge on any atom is -0.0949 e. The minimum atomic E-state index is 0.671. The molecule has 3 heteroatoms. The minimum absolute atomic E-state index is 0.671. The average molecular weight is 335 g/mol. The van der Waals surface area contributed by atoms with Gasteiger partial charge in [0.2, 0.25) is 0 Å². The molecule has 0 heterocycles. The third-order valence-electron chi connectivity index (χ3n) is 3.39. The Morgan fingerprint density at radius 1 is 1.05 bits per heavy atom. The van der Waals surface area contributed by atoms with Crippen molar-refractivity contribution in [3.63, 3.8) is 0 Å². The maximum atomic E-state index is 6.19. The second-order valence-corrected chi connectivity index (χ2v) is 6.08. The van der Waals surface area contributed by atoms with Crippen LogP contribution in [-0.4, -0.2) is 5.37 Å². The van der Waals surface area contributed by atoms with Crippen molar-refractivity contribution >= 4 is 46.4 Å². The van der Waals surface area contributed by atoms with Crippen LogP contribution in [-0.2, 0) is 12.8 Å². The highest BCUT2D eigenvalue weighted by molar-refractivity contribution is 7.79. The molecule has 0 nitrogen and oxygen atoms in total. The molecule has 0 aliphatic heterocycles. The third-order valence-corrected chi connectivity index (χ3v) is 4.14. The van der Waals surface area contributed by atoms with Crippen molar-refractivity contribution in [2.75, 3.05) is 0 Å². The average Bonchev–Trinajstić information content (AvgIpc) is 2.47. The molecular weight excluding hydrogens is 319 g/mol. The van der Waals surface area contributed by atoms with Gasteiger partial charge in [-0.05, 0) is 52.6 Å². The van der Waals surface area contributed by atoms with Crippen LogP contribution in [0.3, 0.4) is 0 Å². The van der Waals surface area contributed by atoms with Gasteiger partial charge in [0, 0.05) is 16.5 Å². The van der Waals surface area contributed by atoms with Crippen molar-refractivity contribution < 1.29 is 0 Å². The van der Waals surface area contributed by atoms with E-state index in [1.165, 1.54) is 5.56 Å². The number of allylic oxidation sites excluding steroid dienone is 1. The summed E-state index contributed by atoms with van der Waals surface area (Å²) in [6.07, 6.45) is 2.59. The molecule has 0 amide bonds. The third kappa shape index (κ3) is 4.67. The normalized spacial score (nSPS) is 10.4. The first-order valence-electron chi connectivity index (χ1n) is 6.75. The number of hydrogen-bond donors (Lipinski definition) is 0. The zero-order valence-corrected chi connectivity index (χ0v) is 13.9. The van der Waals surface area contributed by atoms with Crippen molar-refractivity contribution in [2.24, 2.45) is 0 Å². The summed E-state index contributed by atoms with van der Waals surface area (Å²) in [4.78, 5) is 0. The molecule has 0 aromatic heterocycles.